The summed E-state index contributed by atoms with van der Waals surface area (Å²) in [6.45, 7) is 0.748. The van der Waals surface area contributed by atoms with E-state index in [-0.39, 0.29) is 29.5 Å². The third kappa shape index (κ3) is 8.04. The molecule has 23 heavy (non-hydrogen) atoms. The Morgan fingerprint density at radius 3 is 2.48 bits per heavy atom. The van der Waals surface area contributed by atoms with E-state index in [0.29, 0.717) is 5.17 Å². The van der Waals surface area contributed by atoms with Crippen LogP contribution < -0.4 is 12.4 Å². The van der Waals surface area contributed by atoms with Crippen molar-refractivity contribution in [2.45, 2.75) is 6.42 Å². The molecule has 2 rings (SSSR count). The Bertz CT molecular complexity index is 610. The average Bonchev–Trinajstić information content (AvgIpc) is 2.54. The smallest absolute Gasteiger partial charge is 1.00 e. The Morgan fingerprint density at radius 2 is 1.87 bits per heavy atom. The molecule has 0 aliphatic heterocycles. The van der Waals surface area contributed by atoms with E-state index >= 15 is 0 Å². The summed E-state index contributed by atoms with van der Waals surface area (Å²) in [5.41, 5.74) is 1.78. The first-order chi connectivity index (χ1) is 10.3. The van der Waals surface area contributed by atoms with E-state index in [4.69, 9.17) is 12.6 Å². The van der Waals surface area contributed by atoms with Crippen LogP contribution in [0.25, 0.3) is 0 Å². The van der Waals surface area contributed by atoms with Gasteiger partial charge in [0.05, 0.1) is 11.9 Å². The van der Waals surface area contributed by atoms with Crippen LogP contribution in [0.3, 0.4) is 0 Å². The number of nitrogens with zero attached hydrogens (tertiary/aromatic N) is 5. The molecule has 2 heterocycles. The summed E-state index contributed by atoms with van der Waals surface area (Å²) >= 11 is 5.21. The van der Waals surface area contributed by atoms with Crippen LogP contribution in [0.15, 0.2) is 59.0 Å². The molecule has 0 aromatic carbocycles. The van der Waals surface area contributed by atoms with E-state index in [2.05, 4.69) is 20.2 Å². The molecule has 5 nitrogen and oxygen atoms in total. The van der Waals surface area contributed by atoms with Gasteiger partial charge in [-0.2, -0.15) is 10.2 Å². The topological polar surface area (TPSA) is 53.7 Å². The van der Waals surface area contributed by atoms with Crippen molar-refractivity contribution in [3.8, 4) is 0 Å². The number of hydrogen-bond acceptors (Lipinski definition) is 5. The number of hydrogen-bond donors (Lipinski definition) is 0. The molecule has 0 amide bonds. The molecule has 0 atom stereocenters. The van der Waals surface area contributed by atoms with Crippen LogP contribution in [0.1, 0.15) is 11.4 Å². The Morgan fingerprint density at radius 1 is 1.17 bits per heavy atom. The molecule has 0 N–H and O–H groups in total. The second kappa shape index (κ2) is 12.0. The molecule has 8 heteroatoms. The Kier molecular flexibility index (Phi) is 11.2. The first-order valence-electron chi connectivity index (χ1n) is 6.56. The summed E-state index contributed by atoms with van der Waals surface area (Å²) in [6, 6.07) is 11.5. The van der Waals surface area contributed by atoms with Crippen molar-refractivity contribution >= 4 is 24.0 Å². The minimum atomic E-state index is 0. The monoisotopic (exact) mass is 396 g/mol. The summed E-state index contributed by atoms with van der Waals surface area (Å²) in [6.07, 6.45) is 5.89. The number of rotatable bonds is 5. The largest absolute Gasteiger partial charge is 2.00 e. The van der Waals surface area contributed by atoms with Crippen LogP contribution in [0, 0.1) is 0 Å². The molecule has 0 spiro atoms. The van der Waals surface area contributed by atoms with Gasteiger partial charge < -0.3 is 29.9 Å². The van der Waals surface area contributed by atoms with E-state index in [1.807, 2.05) is 48.3 Å². The van der Waals surface area contributed by atoms with Gasteiger partial charge in [-0.3, -0.25) is 9.97 Å². The summed E-state index contributed by atoms with van der Waals surface area (Å²) in [5, 5.41) is 8.40. The molecular formula is C15H16ClCuN5S. The number of amidine groups is 1. The van der Waals surface area contributed by atoms with Crippen molar-refractivity contribution in [3.05, 3.63) is 60.2 Å². The quantitative estimate of drug-likeness (QED) is 0.211. The summed E-state index contributed by atoms with van der Waals surface area (Å²) in [7, 11) is 1.89. The summed E-state index contributed by atoms with van der Waals surface area (Å²) < 4.78 is 0. The Hall–Kier alpha value is -1.53. The summed E-state index contributed by atoms with van der Waals surface area (Å²) in [4.78, 5) is 10.3. The van der Waals surface area contributed by atoms with Gasteiger partial charge in [-0.1, -0.05) is 12.1 Å². The molecule has 0 unspecified atom stereocenters. The zero-order valence-electron chi connectivity index (χ0n) is 12.4. The van der Waals surface area contributed by atoms with Crippen LogP contribution in [0.5, 0.6) is 0 Å². The number of aromatic nitrogens is 2. The van der Waals surface area contributed by atoms with Gasteiger partial charge in [-0.05, 0) is 24.3 Å². The maximum absolute atomic E-state index is 5.21. The molecule has 0 fully saturated rings. The van der Waals surface area contributed by atoms with Gasteiger partial charge in [0.2, 0.25) is 0 Å². The molecule has 0 saturated heterocycles. The molecule has 0 bridgehead atoms. The van der Waals surface area contributed by atoms with E-state index in [1.165, 1.54) is 0 Å². The summed E-state index contributed by atoms with van der Waals surface area (Å²) in [5.74, 6) is 0. The minimum absolute atomic E-state index is 0. The second-order valence-corrected chi connectivity index (χ2v) is 4.74. The van der Waals surface area contributed by atoms with Crippen LogP contribution >= 0.6 is 0 Å². The molecule has 0 aliphatic rings. The van der Waals surface area contributed by atoms with E-state index in [9.17, 15) is 0 Å². The van der Waals surface area contributed by atoms with Gasteiger partial charge >= 0.3 is 17.1 Å². The van der Waals surface area contributed by atoms with Crippen LogP contribution in [0.4, 0.5) is 0 Å². The third-order valence-corrected chi connectivity index (χ3v) is 3.17. The zero-order chi connectivity index (χ0) is 14.9. The molecule has 0 aliphatic carbocycles. The van der Waals surface area contributed by atoms with Crippen LogP contribution in [-0.2, 0) is 36.1 Å². The third-order valence-electron chi connectivity index (χ3n) is 2.78. The number of halogens is 1. The number of likely N-dealkylation sites (N-methyl/N-ethyl adjacent to an activating group) is 1. The standard InChI is InChI=1S/C15H17N5S.ClH.Cu/c1-20(11-8-13-6-2-4-9-16-13)15(21)19-18-12-14-7-3-5-10-17-14;;/h2-7,9-10,12H,8,11H2,1H3,(H,19,21);1H;/q;;+2/p-2/b18-12-;;. The van der Waals surface area contributed by atoms with Crippen LogP contribution in [-0.4, -0.2) is 39.8 Å². The van der Waals surface area contributed by atoms with E-state index in [1.54, 1.807) is 18.6 Å². The van der Waals surface area contributed by atoms with Crippen LogP contribution in [0.2, 0.25) is 0 Å². The molecule has 2 aromatic rings. The fourth-order valence-corrected chi connectivity index (χ4v) is 1.73. The maximum Gasteiger partial charge on any atom is 2.00 e. The molecule has 0 saturated carbocycles. The van der Waals surface area contributed by atoms with Crippen molar-refractivity contribution in [1.82, 2.24) is 14.9 Å². The maximum atomic E-state index is 5.21. The van der Waals surface area contributed by atoms with Crippen molar-refractivity contribution in [3.63, 3.8) is 0 Å². The molecule has 125 valence electrons. The predicted molar refractivity (Wildman–Crippen MR) is 87.2 cm³/mol. The van der Waals surface area contributed by atoms with Crippen molar-refractivity contribution < 1.29 is 29.5 Å². The van der Waals surface area contributed by atoms with Crippen molar-refractivity contribution in [2.24, 2.45) is 10.2 Å². The molecule has 2 aromatic heterocycles. The van der Waals surface area contributed by atoms with E-state index in [0.717, 1.165) is 24.4 Å². The second-order valence-electron chi connectivity index (χ2n) is 4.37. The van der Waals surface area contributed by atoms with Gasteiger partial charge in [0.1, 0.15) is 0 Å². The van der Waals surface area contributed by atoms with E-state index < -0.39 is 0 Å². The van der Waals surface area contributed by atoms with Gasteiger partial charge in [-0.25, -0.2) is 0 Å². The Labute approximate surface area is 158 Å². The minimum Gasteiger partial charge on any atom is -1.00 e. The first kappa shape index (κ1) is 21.5. The fourth-order valence-electron chi connectivity index (χ4n) is 1.59. The first-order valence-corrected chi connectivity index (χ1v) is 6.96. The van der Waals surface area contributed by atoms with Gasteiger partial charge in [0, 0.05) is 43.3 Å². The zero-order valence-corrected chi connectivity index (χ0v) is 14.9. The normalized spacial score (nSPS) is 10.7. The SMILES string of the molecule is CN(CCc1ccccn1)/C([S-])=N\N=C/c1ccccn1.[Cl-].[Cu+2]. The van der Waals surface area contributed by atoms with Crippen molar-refractivity contribution in [2.75, 3.05) is 13.6 Å². The van der Waals surface area contributed by atoms with Crippen molar-refractivity contribution in [1.29, 1.82) is 0 Å². The predicted octanol–water partition coefficient (Wildman–Crippen LogP) is -1.11. The average molecular weight is 397 g/mol. The molecule has 1 radical (unpaired) electrons. The van der Waals surface area contributed by atoms with Gasteiger partial charge in [0.15, 0.2) is 0 Å². The van der Waals surface area contributed by atoms with Gasteiger partial charge in [-0.15, -0.1) is 0 Å². The molecular weight excluding hydrogens is 381 g/mol. The fraction of sp³-hybridized carbons (Fsp3) is 0.200. The Balaban J connectivity index is 0.00000242. The number of pyridine rings is 2. The van der Waals surface area contributed by atoms with Gasteiger partial charge in [0.25, 0.3) is 0 Å².